The van der Waals surface area contributed by atoms with Crippen molar-refractivity contribution in [2.45, 2.75) is 38.7 Å². The minimum atomic E-state index is -0.972. The fourth-order valence-corrected chi connectivity index (χ4v) is 2.95. The van der Waals surface area contributed by atoms with Crippen LogP contribution in [0.5, 0.6) is 11.5 Å². The standard InChI is InChI=1S/C20H22O4/c1-2-23-17-11-16(20(21)22)12-18(19(17)15-9-6-10-15)24-13-14-7-4-3-5-8-14/h3-5,7-8,11-12,15H,2,6,9-10,13H2,1H3,(H,21,22). The van der Waals surface area contributed by atoms with E-state index in [9.17, 15) is 9.90 Å². The van der Waals surface area contributed by atoms with E-state index in [0.717, 1.165) is 24.0 Å². The average molecular weight is 326 g/mol. The maximum absolute atomic E-state index is 11.4. The first-order chi connectivity index (χ1) is 11.7. The van der Waals surface area contributed by atoms with E-state index in [2.05, 4.69) is 0 Å². The Hall–Kier alpha value is -2.49. The summed E-state index contributed by atoms with van der Waals surface area (Å²) < 4.78 is 11.7. The SMILES string of the molecule is CCOc1cc(C(=O)O)cc(OCc2ccccc2)c1C1CCC1. The summed E-state index contributed by atoms with van der Waals surface area (Å²) in [6, 6.07) is 13.1. The highest BCUT2D eigenvalue weighted by Gasteiger charge is 2.28. The van der Waals surface area contributed by atoms with Gasteiger partial charge in [-0.25, -0.2) is 4.79 Å². The van der Waals surface area contributed by atoms with Crippen LogP contribution in [0.2, 0.25) is 0 Å². The first-order valence-electron chi connectivity index (χ1n) is 8.39. The van der Waals surface area contributed by atoms with Crippen molar-refractivity contribution in [3.63, 3.8) is 0 Å². The molecule has 0 bridgehead atoms. The van der Waals surface area contributed by atoms with Gasteiger partial charge in [-0.05, 0) is 43.4 Å². The van der Waals surface area contributed by atoms with Crippen LogP contribution in [-0.4, -0.2) is 17.7 Å². The number of hydrogen-bond donors (Lipinski definition) is 1. The van der Waals surface area contributed by atoms with Crippen molar-refractivity contribution in [1.29, 1.82) is 0 Å². The molecule has 1 N–H and O–H groups in total. The van der Waals surface area contributed by atoms with Gasteiger partial charge in [-0.1, -0.05) is 36.8 Å². The summed E-state index contributed by atoms with van der Waals surface area (Å²) >= 11 is 0. The number of carboxylic acid groups (broad SMARTS) is 1. The summed E-state index contributed by atoms with van der Waals surface area (Å²) in [4.78, 5) is 11.4. The molecule has 2 aromatic rings. The second-order valence-corrected chi connectivity index (χ2v) is 6.03. The number of ether oxygens (including phenoxy) is 2. The van der Waals surface area contributed by atoms with Gasteiger partial charge in [-0.3, -0.25) is 0 Å². The highest BCUT2D eigenvalue weighted by molar-refractivity contribution is 5.89. The molecule has 3 rings (SSSR count). The number of aromatic carboxylic acids is 1. The molecule has 1 fully saturated rings. The minimum Gasteiger partial charge on any atom is -0.493 e. The third-order valence-corrected chi connectivity index (χ3v) is 4.40. The van der Waals surface area contributed by atoms with Gasteiger partial charge in [-0.15, -0.1) is 0 Å². The van der Waals surface area contributed by atoms with E-state index >= 15 is 0 Å². The van der Waals surface area contributed by atoms with Crippen LogP contribution in [0.3, 0.4) is 0 Å². The summed E-state index contributed by atoms with van der Waals surface area (Å²) in [5, 5.41) is 9.38. The molecule has 0 aliphatic heterocycles. The first-order valence-corrected chi connectivity index (χ1v) is 8.39. The van der Waals surface area contributed by atoms with Crippen LogP contribution in [0.15, 0.2) is 42.5 Å². The van der Waals surface area contributed by atoms with Crippen LogP contribution in [0.1, 0.15) is 53.6 Å². The number of rotatable bonds is 7. The molecule has 0 amide bonds. The Bertz CT molecular complexity index is 705. The van der Waals surface area contributed by atoms with Gasteiger partial charge in [0.2, 0.25) is 0 Å². The topological polar surface area (TPSA) is 55.8 Å². The normalized spacial score (nSPS) is 14.0. The van der Waals surface area contributed by atoms with E-state index in [4.69, 9.17) is 9.47 Å². The predicted octanol–water partition coefficient (Wildman–Crippen LogP) is 4.63. The van der Waals surface area contributed by atoms with Crippen LogP contribution in [0.25, 0.3) is 0 Å². The summed E-state index contributed by atoms with van der Waals surface area (Å²) in [5.41, 5.74) is 2.27. The zero-order valence-electron chi connectivity index (χ0n) is 13.8. The minimum absolute atomic E-state index is 0.199. The second kappa shape index (κ2) is 7.39. The number of carboxylic acids is 1. The Morgan fingerprint density at radius 2 is 1.79 bits per heavy atom. The third kappa shape index (κ3) is 3.53. The van der Waals surface area contributed by atoms with Crippen molar-refractivity contribution in [2.75, 3.05) is 6.61 Å². The van der Waals surface area contributed by atoms with Crippen molar-refractivity contribution < 1.29 is 19.4 Å². The molecule has 1 aliphatic rings. The highest BCUT2D eigenvalue weighted by Crippen LogP contribution is 2.46. The molecular weight excluding hydrogens is 304 g/mol. The lowest BCUT2D eigenvalue weighted by atomic mass is 9.79. The lowest BCUT2D eigenvalue weighted by Gasteiger charge is -2.29. The van der Waals surface area contributed by atoms with Crippen LogP contribution >= 0.6 is 0 Å². The quantitative estimate of drug-likeness (QED) is 0.806. The molecule has 0 saturated heterocycles. The molecule has 0 unspecified atom stereocenters. The maximum atomic E-state index is 11.4. The van der Waals surface area contributed by atoms with Gasteiger partial charge in [0.1, 0.15) is 18.1 Å². The molecule has 4 nitrogen and oxygen atoms in total. The van der Waals surface area contributed by atoms with Gasteiger partial charge >= 0.3 is 5.97 Å². The van der Waals surface area contributed by atoms with E-state index < -0.39 is 5.97 Å². The van der Waals surface area contributed by atoms with Gasteiger partial charge < -0.3 is 14.6 Å². The molecule has 24 heavy (non-hydrogen) atoms. The zero-order valence-corrected chi connectivity index (χ0v) is 13.8. The molecule has 126 valence electrons. The number of benzene rings is 2. The van der Waals surface area contributed by atoms with Crippen molar-refractivity contribution in [3.05, 3.63) is 59.2 Å². The fourth-order valence-electron chi connectivity index (χ4n) is 2.95. The average Bonchev–Trinajstić information content (AvgIpc) is 2.54. The molecule has 1 aliphatic carbocycles. The van der Waals surface area contributed by atoms with E-state index in [1.807, 2.05) is 37.3 Å². The molecular formula is C20H22O4. The number of hydrogen-bond acceptors (Lipinski definition) is 3. The van der Waals surface area contributed by atoms with Crippen molar-refractivity contribution in [2.24, 2.45) is 0 Å². The third-order valence-electron chi connectivity index (χ3n) is 4.40. The molecule has 0 atom stereocenters. The molecule has 0 radical (unpaired) electrons. The second-order valence-electron chi connectivity index (χ2n) is 6.03. The molecule has 2 aromatic carbocycles. The number of carbonyl (C=O) groups is 1. The van der Waals surface area contributed by atoms with E-state index in [1.54, 1.807) is 12.1 Å². The van der Waals surface area contributed by atoms with Gasteiger partial charge in [0.05, 0.1) is 12.2 Å². The zero-order chi connectivity index (χ0) is 16.9. The predicted molar refractivity (Wildman–Crippen MR) is 91.9 cm³/mol. The van der Waals surface area contributed by atoms with Crippen LogP contribution in [0.4, 0.5) is 0 Å². The monoisotopic (exact) mass is 326 g/mol. The molecule has 0 heterocycles. The van der Waals surface area contributed by atoms with Crippen LogP contribution < -0.4 is 9.47 Å². The summed E-state index contributed by atoms with van der Waals surface area (Å²) in [6.45, 7) is 2.82. The summed E-state index contributed by atoms with van der Waals surface area (Å²) in [7, 11) is 0. The largest absolute Gasteiger partial charge is 0.493 e. The molecule has 0 aromatic heterocycles. The van der Waals surface area contributed by atoms with Crippen LogP contribution in [0, 0.1) is 0 Å². The Balaban J connectivity index is 1.95. The van der Waals surface area contributed by atoms with Gasteiger partial charge in [0, 0.05) is 5.56 Å². The Kier molecular flexibility index (Phi) is 5.04. The lowest BCUT2D eigenvalue weighted by molar-refractivity contribution is 0.0695. The van der Waals surface area contributed by atoms with Crippen LogP contribution in [-0.2, 0) is 6.61 Å². The van der Waals surface area contributed by atoms with Crippen molar-refractivity contribution >= 4 is 5.97 Å². The molecule has 1 saturated carbocycles. The highest BCUT2D eigenvalue weighted by atomic mass is 16.5. The van der Waals surface area contributed by atoms with E-state index in [1.165, 1.54) is 6.42 Å². The summed E-state index contributed by atoms with van der Waals surface area (Å²) in [5.74, 6) is 0.693. The summed E-state index contributed by atoms with van der Waals surface area (Å²) in [6.07, 6.45) is 3.37. The van der Waals surface area contributed by atoms with Crippen molar-refractivity contribution in [3.8, 4) is 11.5 Å². The fraction of sp³-hybridized carbons (Fsp3) is 0.350. The molecule has 4 heteroatoms. The Labute approximate surface area is 142 Å². The molecule has 0 spiro atoms. The smallest absolute Gasteiger partial charge is 0.335 e. The first kappa shape index (κ1) is 16.4. The Morgan fingerprint density at radius 3 is 2.33 bits per heavy atom. The van der Waals surface area contributed by atoms with Gasteiger partial charge in [0.15, 0.2) is 0 Å². The van der Waals surface area contributed by atoms with Gasteiger partial charge in [-0.2, -0.15) is 0 Å². The van der Waals surface area contributed by atoms with E-state index in [0.29, 0.717) is 30.6 Å². The Morgan fingerprint density at radius 1 is 1.12 bits per heavy atom. The maximum Gasteiger partial charge on any atom is 0.335 e. The lowest BCUT2D eigenvalue weighted by Crippen LogP contribution is -2.14. The van der Waals surface area contributed by atoms with E-state index in [-0.39, 0.29) is 5.56 Å². The van der Waals surface area contributed by atoms with Crippen molar-refractivity contribution in [1.82, 2.24) is 0 Å². The van der Waals surface area contributed by atoms with Gasteiger partial charge in [0.25, 0.3) is 0 Å².